The summed E-state index contributed by atoms with van der Waals surface area (Å²) < 4.78 is 26.0. The Hall–Kier alpha value is -3.74. The predicted molar refractivity (Wildman–Crippen MR) is 120 cm³/mol. The van der Waals surface area contributed by atoms with Gasteiger partial charge in [-0.05, 0) is 66.2 Å². The van der Waals surface area contributed by atoms with Gasteiger partial charge in [-0.3, -0.25) is 9.59 Å². The number of benzene rings is 3. The van der Waals surface area contributed by atoms with Crippen LogP contribution in [0.2, 0.25) is 0 Å². The number of rotatable bonds is 5. The summed E-state index contributed by atoms with van der Waals surface area (Å²) in [5, 5.41) is 2.80. The maximum atomic E-state index is 13.0. The van der Waals surface area contributed by atoms with Gasteiger partial charge < -0.3 is 15.1 Å². The van der Waals surface area contributed by atoms with Gasteiger partial charge in [-0.1, -0.05) is 12.1 Å². The molecule has 4 rings (SSSR count). The fraction of sp³-hybridized carbons (Fsp3) is 0.200. The zero-order chi connectivity index (χ0) is 22.5. The zero-order valence-corrected chi connectivity index (χ0v) is 17.4. The lowest BCUT2D eigenvalue weighted by atomic mass is 10.1. The molecule has 0 saturated carbocycles. The van der Waals surface area contributed by atoms with Crippen LogP contribution >= 0.6 is 0 Å². The van der Waals surface area contributed by atoms with E-state index in [1.165, 1.54) is 36.4 Å². The van der Waals surface area contributed by atoms with E-state index in [1.54, 1.807) is 12.1 Å². The van der Waals surface area contributed by atoms with E-state index in [4.69, 9.17) is 0 Å². The van der Waals surface area contributed by atoms with Crippen molar-refractivity contribution in [3.05, 3.63) is 95.6 Å². The summed E-state index contributed by atoms with van der Waals surface area (Å²) in [6.45, 7) is 2.64. The molecule has 1 heterocycles. The molecule has 0 spiro atoms. The Morgan fingerprint density at radius 2 is 1.31 bits per heavy atom. The van der Waals surface area contributed by atoms with E-state index in [0.29, 0.717) is 37.4 Å². The third-order valence-electron chi connectivity index (χ3n) is 5.50. The molecule has 0 bridgehead atoms. The highest BCUT2D eigenvalue weighted by molar-refractivity contribution is 6.04. The quantitative estimate of drug-likeness (QED) is 0.656. The van der Waals surface area contributed by atoms with Crippen molar-refractivity contribution >= 4 is 23.2 Å². The molecule has 1 aliphatic heterocycles. The maximum absolute atomic E-state index is 13.0. The van der Waals surface area contributed by atoms with E-state index < -0.39 is 0 Å². The molecule has 0 aliphatic carbocycles. The second-order valence-corrected chi connectivity index (χ2v) is 7.68. The summed E-state index contributed by atoms with van der Waals surface area (Å²) in [5.41, 5.74) is 2.85. The van der Waals surface area contributed by atoms with Gasteiger partial charge in [0, 0.05) is 43.1 Å². The van der Waals surface area contributed by atoms with Crippen LogP contribution in [0.3, 0.4) is 0 Å². The second-order valence-electron chi connectivity index (χ2n) is 7.68. The van der Waals surface area contributed by atoms with Crippen LogP contribution in [0.4, 0.5) is 20.2 Å². The van der Waals surface area contributed by atoms with E-state index in [-0.39, 0.29) is 29.9 Å². The van der Waals surface area contributed by atoms with Crippen molar-refractivity contribution in [2.45, 2.75) is 6.42 Å². The van der Waals surface area contributed by atoms with E-state index in [0.717, 1.165) is 11.3 Å². The fourth-order valence-corrected chi connectivity index (χ4v) is 3.66. The summed E-state index contributed by atoms with van der Waals surface area (Å²) in [6, 6.07) is 18.9. The first-order valence-electron chi connectivity index (χ1n) is 10.4. The summed E-state index contributed by atoms with van der Waals surface area (Å²) in [5.74, 6) is -0.958. The smallest absolute Gasteiger partial charge is 0.255 e. The molecule has 3 aromatic carbocycles. The Balaban J connectivity index is 1.29. The largest absolute Gasteiger partial charge is 0.368 e. The molecule has 0 unspecified atom stereocenters. The highest BCUT2D eigenvalue weighted by Crippen LogP contribution is 2.20. The van der Waals surface area contributed by atoms with Gasteiger partial charge in [0.25, 0.3) is 5.91 Å². The Kier molecular flexibility index (Phi) is 6.44. The molecule has 1 fully saturated rings. The van der Waals surface area contributed by atoms with Crippen molar-refractivity contribution in [1.29, 1.82) is 0 Å². The van der Waals surface area contributed by atoms with E-state index >= 15 is 0 Å². The molecule has 1 aliphatic rings. The van der Waals surface area contributed by atoms with Gasteiger partial charge in [0.15, 0.2) is 0 Å². The Labute approximate surface area is 185 Å². The maximum Gasteiger partial charge on any atom is 0.255 e. The lowest BCUT2D eigenvalue weighted by molar-refractivity contribution is -0.130. The zero-order valence-electron chi connectivity index (χ0n) is 17.4. The molecule has 1 saturated heterocycles. The molecular formula is C25H23F2N3O2. The molecule has 2 amide bonds. The molecule has 0 radical (unpaired) electrons. The minimum atomic E-state index is -0.386. The average Bonchev–Trinajstić information content (AvgIpc) is 2.81. The van der Waals surface area contributed by atoms with Gasteiger partial charge in [0.2, 0.25) is 5.91 Å². The highest BCUT2D eigenvalue weighted by atomic mass is 19.1. The summed E-state index contributed by atoms with van der Waals surface area (Å²) >= 11 is 0. The minimum Gasteiger partial charge on any atom is -0.368 e. The SMILES string of the molecule is O=C(Nc1ccc(N2CCN(C(=O)Cc3ccc(F)cc3)CC2)cc1)c1ccc(F)cc1. The normalized spacial score (nSPS) is 13.7. The molecule has 5 nitrogen and oxygen atoms in total. The van der Waals surface area contributed by atoms with Crippen molar-refractivity contribution in [1.82, 2.24) is 4.90 Å². The molecule has 0 aromatic heterocycles. The fourth-order valence-electron chi connectivity index (χ4n) is 3.66. The van der Waals surface area contributed by atoms with E-state index in [2.05, 4.69) is 10.2 Å². The number of hydrogen-bond acceptors (Lipinski definition) is 3. The molecule has 0 atom stereocenters. The number of anilines is 2. The van der Waals surface area contributed by atoms with Gasteiger partial charge in [-0.15, -0.1) is 0 Å². The van der Waals surface area contributed by atoms with Gasteiger partial charge in [0.1, 0.15) is 11.6 Å². The van der Waals surface area contributed by atoms with Crippen LogP contribution < -0.4 is 10.2 Å². The van der Waals surface area contributed by atoms with Crippen molar-refractivity contribution in [3.8, 4) is 0 Å². The first kappa shape index (κ1) is 21.5. The monoisotopic (exact) mass is 435 g/mol. The number of amides is 2. The molecule has 32 heavy (non-hydrogen) atoms. The van der Waals surface area contributed by atoms with Crippen LogP contribution in [0, 0.1) is 11.6 Å². The summed E-state index contributed by atoms with van der Waals surface area (Å²) in [4.78, 5) is 28.8. The molecule has 1 N–H and O–H groups in total. The van der Waals surface area contributed by atoms with Gasteiger partial charge >= 0.3 is 0 Å². The summed E-state index contributed by atoms with van der Waals surface area (Å²) in [6.07, 6.45) is 0.267. The second kappa shape index (κ2) is 9.60. The third kappa shape index (κ3) is 5.29. The van der Waals surface area contributed by atoms with Gasteiger partial charge in [-0.25, -0.2) is 8.78 Å². The molecule has 7 heteroatoms. The minimum absolute atomic E-state index is 0.0371. The van der Waals surface area contributed by atoms with Crippen molar-refractivity contribution < 1.29 is 18.4 Å². The van der Waals surface area contributed by atoms with Gasteiger partial charge in [0.05, 0.1) is 6.42 Å². The number of carbonyl (C=O) groups excluding carboxylic acids is 2. The molecule has 3 aromatic rings. The van der Waals surface area contributed by atoms with Crippen LogP contribution in [-0.4, -0.2) is 42.9 Å². The number of hydrogen-bond donors (Lipinski definition) is 1. The number of nitrogens with one attached hydrogen (secondary N) is 1. The number of piperazine rings is 1. The highest BCUT2D eigenvalue weighted by Gasteiger charge is 2.21. The Bertz CT molecular complexity index is 1080. The standard InChI is InChI=1S/C25H23F2N3O2/c26-20-5-1-18(2-6-20)17-24(31)30-15-13-29(14-16-30)23-11-9-22(10-12-23)28-25(32)19-3-7-21(27)8-4-19/h1-12H,13-17H2,(H,28,32). The number of nitrogens with zero attached hydrogens (tertiary/aromatic N) is 2. The first-order chi connectivity index (χ1) is 15.5. The van der Waals surface area contributed by atoms with Crippen molar-refractivity contribution in [2.24, 2.45) is 0 Å². The third-order valence-corrected chi connectivity index (χ3v) is 5.50. The van der Waals surface area contributed by atoms with E-state index in [9.17, 15) is 18.4 Å². The number of carbonyl (C=O) groups is 2. The topological polar surface area (TPSA) is 52.7 Å². The van der Waals surface area contributed by atoms with Crippen LogP contribution in [-0.2, 0) is 11.2 Å². The van der Waals surface area contributed by atoms with Crippen LogP contribution in [0.15, 0.2) is 72.8 Å². The lowest BCUT2D eigenvalue weighted by Gasteiger charge is -2.36. The average molecular weight is 435 g/mol. The Morgan fingerprint density at radius 1 is 0.750 bits per heavy atom. The predicted octanol–water partition coefficient (Wildman–Crippen LogP) is 4.11. The molecule has 164 valence electrons. The van der Waals surface area contributed by atoms with Crippen LogP contribution in [0.1, 0.15) is 15.9 Å². The Morgan fingerprint density at radius 3 is 1.91 bits per heavy atom. The van der Waals surface area contributed by atoms with Crippen LogP contribution in [0.25, 0.3) is 0 Å². The van der Waals surface area contributed by atoms with Crippen molar-refractivity contribution in [2.75, 3.05) is 36.4 Å². The van der Waals surface area contributed by atoms with Crippen molar-refractivity contribution in [3.63, 3.8) is 0 Å². The lowest BCUT2D eigenvalue weighted by Crippen LogP contribution is -2.49. The van der Waals surface area contributed by atoms with Crippen LogP contribution in [0.5, 0.6) is 0 Å². The number of halogens is 2. The first-order valence-corrected chi connectivity index (χ1v) is 10.4. The summed E-state index contributed by atoms with van der Waals surface area (Å²) in [7, 11) is 0. The van der Waals surface area contributed by atoms with Gasteiger partial charge in [-0.2, -0.15) is 0 Å². The van der Waals surface area contributed by atoms with E-state index in [1.807, 2.05) is 29.2 Å². The molecular weight excluding hydrogens is 412 g/mol.